The number of halogens is 2. The fourth-order valence-electron chi connectivity index (χ4n) is 1.87. The Hall–Kier alpha value is -2.01. The number of nitrogens with zero attached hydrogens (tertiary/aromatic N) is 1. The van der Waals surface area contributed by atoms with Crippen molar-refractivity contribution in [2.24, 2.45) is 5.73 Å². The quantitative estimate of drug-likeness (QED) is 0.913. The van der Waals surface area contributed by atoms with Crippen LogP contribution >= 0.6 is 0 Å². The number of pyridine rings is 1. The van der Waals surface area contributed by atoms with Crippen molar-refractivity contribution < 1.29 is 13.5 Å². The predicted molar refractivity (Wildman–Crippen MR) is 72.2 cm³/mol. The van der Waals surface area contributed by atoms with Crippen LogP contribution in [0.3, 0.4) is 0 Å². The number of hydrogen-bond acceptors (Lipinski definition) is 3. The molecule has 1 heterocycles. The van der Waals surface area contributed by atoms with E-state index >= 15 is 0 Å². The van der Waals surface area contributed by atoms with Gasteiger partial charge in [0.05, 0.1) is 0 Å². The lowest BCUT2D eigenvalue weighted by molar-refractivity contribution is 0.170. The van der Waals surface area contributed by atoms with E-state index in [-0.39, 0.29) is 11.8 Å². The largest absolute Gasteiger partial charge is 0.484 e. The summed E-state index contributed by atoms with van der Waals surface area (Å²) in [4.78, 5) is 3.94. The lowest BCUT2D eigenvalue weighted by Crippen LogP contribution is -2.31. The lowest BCUT2D eigenvalue weighted by atomic mass is 10.0. The smallest absolute Gasteiger partial charge is 0.162 e. The Bertz CT molecular complexity index is 563. The summed E-state index contributed by atoms with van der Waals surface area (Å²) in [6, 6.07) is 6.76. The van der Waals surface area contributed by atoms with Gasteiger partial charge in [-0.1, -0.05) is 6.92 Å². The molecule has 0 amide bonds. The molecule has 20 heavy (non-hydrogen) atoms. The molecule has 0 radical (unpaired) electrons. The van der Waals surface area contributed by atoms with Crippen molar-refractivity contribution in [1.29, 1.82) is 0 Å². The highest BCUT2D eigenvalue weighted by Crippen LogP contribution is 2.26. The van der Waals surface area contributed by atoms with Crippen LogP contribution in [0.15, 0.2) is 42.7 Å². The van der Waals surface area contributed by atoms with Gasteiger partial charge in [-0.05, 0) is 36.2 Å². The van der Waals surface area contributed by atoms with Crippen molar-refractivity contribution >= 4 is 0 Å². The van der Waals surface area contributed by atoms with Gasteiger partial charge in [0.2, 0.25) is 0 Å². The highest BCUT2D eigenvalue weighted by atomic mass is 19.2. The minimum absolute atomic E-state index is 0.245. The number of benzene rings is 1. The summed E-state index contributed by atoms with van der Waals surface area (Å²) in [5, 5.41) is 0. The molecule has 0 spiro atoms. The third kappa shape index (κ3) is 3.30. The van der Waals surface area contributed by atoms with E-state index in [0.717, 1.165) is 17.7 Å². The fourth-order valence-corrected chi connectivity index (χ4v) is 1.87. The summed E-state index contributed by atoms with van der Waals surface area (Å²) in [6.07, 6.45) is 3.53. The zero-order valence-electron chi connectivity index (χ0n) is 11.1. The Labute approximate surface area is 116 Å². The fraction of sp³-hybridized carbons (Fsp3) is 0.267. The zero-order valence-corrected chi connectivity index (χ0v) is 11.1. The second-order valence-corrected chi connectivity index (χ2v) is 4.47. The van der Waals surface area contributed by atoms with E-state index in [1.165, 1.54) is 6.07 Å². The van der Waals surface area contributed by atoms with Crippen LogP contribution in [-0.2, 0) is 0 Å². The number of ether oxygens (including phenoxy) is 1. The van der Waals surface area contributed by atoms with E-state index < -0.39 is 17.7 Å². The molecular formula is C15H16F2N2O. The second-order valence-electron chi connectivity index (χ2n) is 4.47. The maximum atomic E-state index is 13.2. The molecule has 0 saturated heterocycles. The predicted octanol–water partition coefficient (Wildman–Crippen LogP) is 3.22. The minimum atomic E-state index is -0.943. The molecule has 2 rings (SSSR count). The number of nitrogens with two attached hydrogens (primary N) is 1. The maximum Gasteiger partial charge on any atom is 0.162 e. The molecule has 0 saturated carbocycles. The van der Waals surface area contributed by atoms with Crippen LogP contribution in [0.25, 0.3) is 0 Å². The molecule has 0 aliphatic heterocycles. The van der Waals surface area contributed by atoms with Crippen molar-refractivity contribution in [3.05, 3.63) is 59.9 Å². The number of hydrogen-bond donors (Lipinski definition) is 1. The van der Waals surface area contributed by atoms with Crippen molar-refractivity contribution in [3.8, 4) is 5.75 Å². The number of rotatable bonds is 5. The van der Waals surface area contributed by atoms with Gasteiger partial charge >= 0.3 is 0 Å². The molecule has 0 aliphatic carbocycles. The Morgan fingerprint density at radius 3 is 2.45 bits per heavy atom. The van der Waals surface area contributed by atoms with Gasteiger partial charge in [0.25, 0.3) is 0 Å². The molecule has 2 aromatic rings. The molecule has 5 heteroatoms. The molecule has 3 nitrogen and oxygen atoms in total. The van der Waals surface area contributed by atoms with Gasteiger partial charge in [-0.25, -0.2) is 8.78 Å². The molecule has 0 aliphatic rings. The van der Waals surface area contributed by atoms with Gasteiger partial charge in [0, 0.05) is 24.5 Å². The Morgan fingerprint density at radius 2 is 1.85 bits per heavy atom. The van der Waals surface area contributed by atoms with Gasteiger partial charge in [-0.15, -0.1) is 0 Å². The first kappa shape index (κ1) is 14.4. The summed E-state index contributed by atoms with van der Waals surface area (Å²) >= 11 is 0. The van der Waals surface area contributed by atoms with Crippen LogP contribution in [0.2, 0.25) is 0 Å². The Kier molecular flexibility index (Phi) is 4.63. The molecule has 2 N–H and O–H groups in total. The molecule has 0 bridgehead atoms. The highest BCUT2D eigenvalue weighted by molar-refractivity contribution is 5.26. The van der Waals surface area contributed by atoms with Crippen LogP contribution in [0.4, 0.5) is 8.78 Å². The number of aromatic nitrogens is 1. The van der Waals surface area contributed by atoms with Crippen molar-refractivity contribution in [2.45, 2.75) is 25.5 Å². The Morgan fingerprint density at radius 1 is 1.15 bits per heavy atom. The van der Waals surface area contributed by atoms with E-state index in [0.29, 0.717) is 6.42 Å². The van der Waals surface area contributed by atoms with Crippen LogP contribution in [0.1, 0.15) is 25.0 Å². The van der Waals surface area contributed by atoms with Gasteiger partial charge in [0.1, 0.15) is 11.9 Å². The van der Waals surface area contributed by atoms with Crippen molar-refractivity contribution in [3.63, 3.8) is 0 Å². The first-order chi connectivity index (χ1) is 9.61. The van der Waals surface area contributed by atoms with Gasteiger partial charge in [0.15, 0.2) is 11.6 Å². The van der Waals surface area contributed by atoms with E-state index in [2.05, 4.69) is 4.98 Å². The van der Waals surface area contributed by atoms with E-state index in [1.54, 1.807) is 24.5 Å². The summed E-state index contributed by atoms with van der Waals surface area (Å²) < 4.78 is 31.9. The second kappa shape index (κ2) is 6.43. The van der Waals surface area contributed by atoms with Gasteiger partial charge in [-0.2, -0.15) is 0 Å². The van der Waals surface area contributed by atoms with Crippen LogP contribution < -0.4 is 10.5 Å². The first-order valence-corrected chi connectivity index (χ1v) is 6.39. The molecule has 1 aromatic carbocycles. The SMILES string of the molecule is CCC(N)C(Oc1ccc(F)c(F)c1)c1ccncc1. The third-order valence-corrected chi connectivity index (χ3v) is 3.05. The van der Waals surface area contributed by atoms with Crippen molar-refractivity contribution in [2.75, 3.05) is 0 Å². The topological polar surface area (TPSA) is 48.1 Å². The monoisotopic (exact) mass is 278 g/mol. The third-order valence-electron chi connectivity index (χ3n) is 3.05. The van der Waals surface area contributed by atoms with Crippen LogP contribution in [-0.4, -0.2) is 11.0 Å². The molecular weight excluding hydrogens is 262 g/mol. The van der Waals surface area contributed by atoms with Crippen molar-refractivity contribution in [1.82, 2.24) is 4.98 Å². The molecule has 0 fully saturated rings. The molecule has 1 aromatic heterocycles. The van der Waals surface area contributed by atoms with Crippen LogP contribution in [0.5, 0.6) is 5.75 Å². The summed E-state index contributed by atoms with van der Waals surface area (Å²) in [5.74, 6) is -1.60. The Balaban J connectivity index is 2.26. The van der Waals surface area contributed by atoms with E-state index in [9.17, 15) is 8.78 Å². The lowest BCUT2D eigenvalue weighted by Gasteiger charge is -2.24. The van der Waals surface area contributed by atoms with Gasteiger partial charge < -0.3 is 10.5 Å². The summed E-state index contributed by atoms with van der Waals surface area (Å²) in [6.45, 7) is 1.94. The standard InChI is InChI=1S/C15H16F2N2O/c1-2-14(18)15(10-5-7-19-8-6-10)20-11-3-4-12(16)13(17)9-11/h3-9,14-15H,2,18H2,1H3. The van der Waals surface area contributed by atoms with Crippen LogP contribution in [0, 0.1) is 11.6 Å². The molecule has 2 unspecified atom stereocenters. The zero-order chi connectivity index (χ0) is 14.5. The average molecular weight is 278 g/mol. The maximum absolute atomic E-state index is 13.2. The van der Waals surface area contributed by atoms with E-state index in [4.69, 9.17) is 10.5 Å². The summed E-state index contributed by atoms with van der Waals surface area (Å²) in [7, 11) is 0. The normalized spacial score (nSPS) is 13.8. The highest BCUT2D eigenvalue weighted by Gasteiger charge is 2.21. The van der Waals surface area contributed by atoms with E-state index in [1.807, 2.05) is 6.92 Å². The minimum Gasteiger partial charge on any atom is -0.484 e. The first-order valence-electron chi connectivity index (χ1n) is 6.39. The molecule has 106 valence electrons. The molecule has 2 atom stereocenters. The average Bonchev–Trinajstić information content (AvgIpc) is 2.48. The van der Waals surface area contributed by atoms with Gasteiger partial charge in [-0.3, -0.25) is 4.98 Å². The summed E-state index contributed by atoms with van der Waals surface area (Å²) in [5.41, 5.74) is 6.90.